The predicted molar refractivity (Wildman–Crippen MR) is 103 cm³/mol. The number of rotatable bonds is 4. The maximum atomic E-state index is 13.5. The highest BCUT2D eigenvalue weighted by molar-refractivity contribution is 7.92. The van der Waals surface area contributed by atoms with E-state index in [1.165, 1.54) is 29.7 Å². The average molecular weight is 412 g/mol. The van der Waals surface area contributed by atoms with Gasteiger partial charge in [-0.15, -0.1) is 0 Å². The van der Waals surface area contributed by atoms with Gasteiger partial charge < -0.3 is 4.90 Å². The Bertz CT molecular complexity index is 906. The minimum absolute atomic E-state index is 0.00197. The largest absolute Gasteiger partial charge is 0.324 e. The van der Waals surface area contributed by atoms with Crippen LogP contribution in [0.15, 0.2) is 41.4 Å². The molecule has 1 aliphatic heterocycles. The van der Waals surface area contributed by atoms with Crippen molar-refractivity contribution in [3.8, 4) is 0 Å². The Morgan fingerprint density at radius 1 is 1.30 bits per heavy atom. The lowest BCUT2D eigenvalue weighted by molar-refractivity contribution is 0.171. The van der Waals surface area contributed by atoms with Gasteiger partial charge in [0.25, 0.3) is 0 Å². The van der Waals surface area contributed by atoms with Crippen LogP contribution in [0.5, 0.6) is 0 Å². The Kier molecular flexibility index (Phi) is 5.53. The molecule has 0 bridgehead atoms. The van der Waals surface area contributed by atoms with Crippen molar-refractivity contribution in [2.24, 2.45) is 5.92 Å². The van der Waals surface area contributed by atoms with Crippen molar-refractivity contribution in [2.45, 2.75) is 36.3 Å². The standard InChI is InChI=1S/C18H22FN3O3S2/c1-18(2,27(24,25)15-5-3-4-14(19)12-15)13-7-10-22(11-8-13)17(23)21-16-6-9-20-26-16/h3-6,9,12-13H,7-8,10-11H2,1-2H3,(H,21,23). The number of likely N-dealkylation sites (tertiary alicyclic amines) is 1. The molecule has 2 aromatic rings. The monoisotopic (exact) mass is 411 g/mol. The number of benzene rings is 1. The zero-order valence-corrected chi connectivity index (χ0v) is 16.8. The first-order valence-electron chi connectivity index (χ1n) is 8.68. The van der Waals surface area contributed by atoms with Crippen molar-refractivity contribution >= 4 is 32.4 Å². The Morgan fingerprint density at radius 3 is 2.59 bits per heavy atom. The first kappa shape index (κ1) is 19.8. The third-order valence-electron chi connectivity index (χ3n) is 5.23. The van der Waals surface area contributed by atoms with Gasteiger partial charge in [0.15, 0.2) is 9.84 Å². The van der Waals surface area contributed by atoms with Gasteiger partial charge in [-0.3, -0.25) is 5.32 Å². The van der Waals surface area contributed by atoms with Gasteiger partial charge in [0.2, 0.25) is 0 Å². The molecule has 2 amide bonds. The van der Waals surface area contributed by atoms with Crippen molar-refractivity contribution in [2.75, 3.05) is 18.4 Å². The fourth-order valence-corrected chi connectivity index (χ4v) is 5.70. The number of nitrogens with zero attached hydrogens (tertiary/aromatic N) is 2. The molecule has 0 saturated carbocycles. The zero-order chi connectivity index (χ0) is 19.7. The van der Waals surface area contributed by atoms with Gasteiger partial charge in [0, 0.05) is 19.3 Å². The van der Waals surface area contributed by atoms with Crippen molar-refractivity contribution in [1.82, 2.24) is 9.27 Å². The number of anilines is 1. The molecule has 6 nitrogen and oxygen atoms in total. The van der Waals surface area contributed by atoms with Crippen molar-refractivity contribution in [3.05, 3.63) is 42.3 Å². The molecular weight excluding hydrogens is 389 g/mol. The maximum absolute atomic E-state index is 13.5. The quantitative estimate of drug-likeness (QED) is 0.830. The summed E-state index contributed by atoms with van der Waals surface area (Å²) < 4.78 is 42.5. The smallest absolute Gasteiger partial charge is 0.322 e. The molecule has 9 heteroatoms. The van der Waals surface area contributed by atoms with Gasteiger partial charge in [0.05, 0.1) is 9.64 Å². The molecule has 1 saturated heterocycles. The molecule has 1 aromatic heterocycles. The Morgan fingerprint density at radius 2 is 2.00 bits per heavy atom. The summed E-state index contributed by atoms with van der Waals surface area (Å²) in [6.07, 6.45) is 2.75. The molecule has 0 unspecified atom stereocenters. The van der Waals surface area contributed by atoms with Crippen LogP contribution < -0.4 is 5.32 Å². The van der Waals surface area contributed by atoms with Crippen LogP contribution in [-0.2, 0) is 9.84 Å². The number of carbonyl (C=O) groups excluding carboxylic acids is 1. The van der Waals surface area contributed by atoms with Crippen LogP contribution in [0.25, 0.3) is 0 Å². The summed E-state index contributed by atoms with van der Waals surface area (Å²) in [7, 11) is -3.71. The molecule has 0 aliphatic carbocycles. The number of hydrogen-bond donors (Lipinski definition) is 1. The minimum atomic E-state index is -3.71. The molecule has 1 aliphatic rings. The lowest BCUT2D eigenvalue weighted by atomic mass is 9.86. The summed E-state index contributed by atoms with van der Waals surface area (Å²) in [6, 6.07) is 6.65. The average Bonchev–Trinajstić information content (AvgIpc) is 3.14. The lowest BCUT2D eigenvalue weighted by Crippen LogP contribution is -2.48. The maximum Gasteiger partial charge on any atom is 0.322 e. The fraction of sp³-hybridized carbons (Fsp3) is 0.444. The molecule has 1 fully saturated rings. The summed E-state index contributed by atoms with van der Waals surface area (Å²) in [4.78, 5) is 14.0. The van der Waals surface area contributed by atoms with Crippen LogP contribution >= 0.6 is 11.5 Å². The summed E-state index contributed by atoms with van der Waals surface area (Å²) in [5, 5.41) is 3.47. The molecule has 1 N–H and O–H groups in total. The highest BCUT2D eigenvalue weighted by atomic mass is 32.2. The van der Waals surface area contributed by atoms with Crippen LogP contribution in [0.4, 0.5) is 14.2 Å². The van der Waals surface area contributed by atoms with E-state index < -0.39 is 20.4 Å². The second kappa shape index (κ2) is 7.55. The van der Waals surface area contributed by atoms with Gasteiger partial charge in [-0.05, 0) is 68.4 Å². The highest BCUT2D eigenvalue weighted by Gasteiger charge is 2.44. The predicted octanol–water partition coefficient (Wildman–Crippen LogP) is 3.78. The van der Waals surface area contributed by atoms with E-state index in [-0.39, 0.29) is 16.8 Å². The third-order valence-corrected chi connectivity index (χ3v) is 8.49. The van der Waals surface area contributed by atoms with Gasteiger partial charge >= 0.3 is 6.03 Å². The van der Waals surface area contributed by atoms with Crippen LogP contribution in [0.2, 0.25) is 0 Å². The minimum Gasteiger partial charge on any atom is -0.324 e. The number of hydrogen-bond acceptors (Lipinski definition) is 5. The zero-order valence-electron chi connectivity index (χ0n) is 15.2. The second-order valence-electron chi connectivity index (χ2n) is 7.13. The number of carbonyl (C=O) groups is 1. The van der Waals surface area contributed by atoms with Crippen molar-refractivity contribution < 1.29 is 17.6 Å². The van der Waals surface area contributed by atoms with E-state index in [9.17, 15) is 17.6 Å². The number of urea groups is 1. The summed E-state index contributed by atoms with van der Waals surface area (Å²) >= 11 is 1.20. The molecule has 0 radical (unpaired) electrons. The van der Waals surface area contributed by atoms with E-state index >= 15 is 0 Å². The number of halogens is 1. The molecule has 27 heavy (non-hydrogen) atoms. The number of amides is 2. The van der Waals surface area contributed by atoms with E-state index in [1.807, 2.05) is 0 Å². The molecule has 146 valence electrons. The molecule has 0 atom stereocenters. The van der Waals surface area contributed by atoms with Crippen LogP contribution in [0, 0.1) is 11.7 Å². The van der Waals surface area contributed by atoms with Crippen LogP contribution in [-0.4, -0.2) is 41.6 Å². The first-order chi connectivity index (χ1) is 12.7. The fourth-order valence-electron chi connectivity index (χ4n) is 3.40. The topological polar surface area (TPSA) is 79.4 Å². The Balaban J connectivity index is 1.68. The van der Waals surface area contributed by atoms with E-state index in [2.05, 4.69) is 9.69 Å². The molecule has 1 aromatic carbocycles. The molecule has 3 rings (SSSR count). The second-order valence-corrected chi connectivity index (χ2v) is 10.5. The van der Waals surface area contributed by atoms with Crippen LogP contribution in [0.1, 0.15) is 26.7 Å². The Labute approximate surface area is 162 Å². The summed E-state index contributed by atoms with van der Waals surface area (Å²) in [5.74, 6) is -0.695. The Hall–Kier alpha value is -2.00. The van der Waals surface area contributed by atoms with Gasteiger partial charge in [-0.25, -0.2) is 17.6 Å². The van der Waals surface area contributed by atoms with Gasteiger partial charge in [0.1, 0.15) is 10.8 Å². The van der Waals surface area contributed by atoms with Crippen molar-refractivity contribution in [3.63, 3.8) is 0 Å². The molecule has 0 spiro atoms. The SMILES string of the molecule is CC(C)(C1CCN(C(=O)Nc2ccns2)CC1)S(=O)(=O)c1cccc(F)c1. The summed E-state index contributed by atoms with van der Waals surface area (Å²) in [6.45, 7) is 4.31. The number of piperidine rings is 1. The number of aromatic nitrogens is 1. The highest BCUT2D eigenvalue weighted by Crippen LogP contribution is 2.38. The third kappa shape index (κ3) is 3.98. The molecular formula is C18H22FN3O3S2. The van der Waals surface area contributed by atoms with E-state index in [0.717, 1.165) is 6.07 Å². The van der Waals surface area contributed by atoms with Gasteiger partial charge in [-0.2, -0.15) is 4.37 Å². The number of nitrogens with one attached hydrogen (secondary N) is 1. The van der Waals surface area contributed by atoms with E-state index in [0.29, 0.717) is 30.9 Å². The van der Waals surface area contributed by atoms with Crippen molar-refractivity contribution in [1.29, 1.82) is 0 Å². The van der Waals surface area contributed by atoms with Gasteiger partial charge in [-0.1, -0.05) is 6.07 Å². The number of sulfone groups is 1. The first-order valence-corrected chi connectivity index (χ1v) is 10.9. The normalized spacial score (nSPS) is 16.3. The van der Waals surface area contributed by atoms with E-state index in [1.54, 1.807) is 31.0 Å². The van der Waals surface area contributed by atoms with E-state index in [4.69, 9.17) is 0 Å². The summed E-state index contributed by atoms with van der Waals surface area (Å²) in [5.41, 5.74) is 0. The molecule has 2 heterocycles. The lowest BCUT2D eigenvalue weighted by Gasteiger charge is -2.40. The van der Waals surface area contributed by atoms with Crippen LogP contribution in [0.3, 0.4) is 0 Å².